The molecule has 0 N–H and O–H groups in total. The maximum Gasteiger partial charge on any atom is 0.185 e. The summed E-state index contributed by atoms with van der Waals surface area (Å²) < 4.78 is 23.1. The van der Waals surface area contributed by atoms with Gasteiger partial charge in [-0.2, -0.15) is 0 Å². The van der Waals surface area contributed by atoms with Crippen LogP contribution in [0.1, 0.15) is 0 Å². The molecule has 0 fully saturated rings. The Hall–Kier alpha value is -1.42. The average Bonchev–Trinajstić information content (AvgIpc) is 2.18. The molecule has 0 aliphatic rings. The topological polar surface area (TPSA) is 51.2 Å². The van der Waals surface area contributed by atoms with Gasteiger partial charge in [0.05, 0.1) is 4.90 Å². The lowest BCUT2D eigenvalue weighted by molar-refractivity contribution is -0.112. The van der Waals surface area contributed by atoms with E-state index in [1.165, 1.54) is 12.1 Å². The standard InChI is InChI=1S/C10H10O3S/c1-2-9(11)8-14(12,13)10-6-4-3-5-7-10/h2-7H,1,8H2. The van der Waals surface area contributed by atoms with Crippen LogP contribution in [-0.4, -0.2) is 20.0 Å². The highest BCUT2D eigenvalue weighted by Gasteiger charge is 2.16. The molecule has 0 atom stereocenters. The minimum absolute atomic E-state index is 0.162. The summed E-state index contributed by atoms with van der Waals surface area (Å²) in [6.07, 6.45) is 1.01. The Balaban J connectivity index is 2.98. The first-order valence-corrected chi connectivity index (χ1v) is 5.64. The zero-order chi connectivity index (χ0) is 10.6. The highest BCUT2D eigenvalue weighted by atomic mass is 32.2. The second-order valence-electron chi connectivity index (χ2n) is 2.74. The summed E-state index contributed by atoms with van der Waals surface area (Å²) in [7, 11) is -3.49. The quantitative estimate of drug-likeness (QED) is 0.702. The highest BCUT2D eigenvalue weighted by Crippen LogP contribution is 2.09. The van der Waals surface area contributed by atoms with Crippen LogP contribution in [0.3, 0.4) is 0 Å². The molecule has 1 aromatic carbocycles. The molecular formula is C10H10O3S. The molecule has 0 spiro atoms. The largest absolute Gasteiger partial charge is 0.294 e. The Morgan fingerprint density at radius 1 is 1.29 bits per heavy atom. The van der Waals surface area contributed by atoms with Crippen LogP contribution < -0.4 is 0 Å². The van der Waals surface area contributed by atoms with Crippen LogP contribution in [0.15, 0.2) is 47.9 Å². The van der Waals surface area contributed by atoms with E-state index in [4.69, 9.17) is 0 Å². The summed E-state index contributed by atoms with van der Waals surface area (Å²) in [6, 6.07) is 7.88. The maximum atomic E-state index is 11.5. The summed E-state index contributed by atoms with van der Waals surface area (Å²) in [5.41, 5.74) is 0. The van der Waals surface area contributed by atoms with Gasteiger partial charge in [0.2, 0.25) is 0 Å². The zero-order valence-corrected chi connectivity index (χ0v) is 8.33. The number of ketones is 1. The third-order valence-electron chi connectivity index (χ3n) is 1.66. The van der Waals surface area contributed by atoms with Crippen LogP contribution in [0, 0.1) is 0 Å². The van der Waals surface area contributed by atoms with E-state index in [0.717, 1.165) is 6.08 Å². The van der Waals surface area contributed by atoms with Crippen LogP contribution in [-0.2, 0) is 14.6 Å². The van der Waals surface area contributed by atoms with Crippen molar-refractivity contribution in [2.24, 2.45) is 0 Å². The van der Waals surface area contributed by atoms with Gasteiger partial charge in [-0.3, -0.25) is 4.79 Å². The van der Waals surface area contributed by atoms with Crippen LogP contribution in [0.2, 0.25) is 0 Å². The predicted octanol–water partition coefficient (Wildman–Crippen LogP) is 1.22. The second kappa shape index (κ2) is 4.19. The van der Waals surface area contributed by atoms with E-state index in [-0.39, 0.29) is 4.90 Å². The first kappa shape index (κ1) is 10.7. The van der Waals surface area contributed by atoms with Gasteiger partial charge in [-0.15, -0.1) is 0 Å². The Bertz CT molecular complexity index is 432. The number of carbonyl (C=O) groups is 1. The van der Waals surface area contributed by atoms with Crippen molar-refractivity contribution in [3.05, 3.63) is 43.0 Å². The molecule has 0 heterocycles. The van der Waals surface area contributed by atoms with Crippen molar-refractivity contribution in [2.45, 2.75) is 4.90 Å². The molecule has 14 heavy (non-hydrogen) atoms. The summed E-state index contributed by atoms with van der Waals surface area (Å²) in [6.45, 7) is 3.22. The van der Waals surface area contributed by atoms with Crippen molar-refractivity contribution >= 4 is 15.6 Å². The normalized spacial score (nSPS) is 10.9. The maximum absolute atomic E-state index is 11.5. The number of rotatable bonds is 4. The fraction of sp³-hybridized carbons (Fsp3) is 0.100. The summed E-state index contributed by atoms with van der Waals surface area (Å²) in [4.78, 5) is 11.1. The molecule has 0 unspecified atom stereocenters. The van der Waals surface area contributed by atoms with Crippen molar-refractivity contribution in [3.8, 4) is 0 Å². The van der Waals surface area contributed by atoms with E-state index >= 15 is 0 Å². The van der Waals surface area contributed by atoms with E-state index in [2.05, 4.69) is 6.58 Å². The lowest BCUT2D eigenvalue weighted by Crippen LogP contribution is -2.13. The Morgan fingerprint density at radius 2 is 1.86 bits per heavy atom. The minimum atomic E-state index is -3.49. The molecule has 0 saturated carbocycles. The molecular weight excluding hydrogens is 200 g/mol. The SMILES string of the molecule is C=CC(=O)CS(=O)(=O)c1ccccc1. The van der Waals surface area contributed by atoms with Crippen molar-refractivity contribution in [1.29, 1.82) is 0 Å². The van der Waals surface area contributed by atoms with Crippen molar-refractivity contribution in [3.63, 3.8) is 0 Å². The van der Waals surface area contributed by atoms with Gasteiger partial charge in [0.15, 0.2) is 15.6 Å². The minimum Gasteiger partial charge on any atom is -0.294 e. The summed E-state index contributed by atoms with van der Waals surface area (Å²) >= 11 is 0. The number of benzene rings is 1. The third kappa shape index (κ3) is 2.53. The molecule has 3 nitrogen and oxygen atoms in total. The number of sulfone groups is 1. The number of allylic oxidation sites excluding steroid dienone is 1. The van der Waals surface area contributed by atoms with Crippen LogP contribution in [0.5, 0.6) is 0 Å². The molecule has 0 amide bonds. The average molecular weight is 210 g/mol. The first-order valence-electron chi connectivity index (χ1n) is 3.99. The number of hydrogen-bond donors (Lipinski definition) is 0. The highest BCUT2D eigenvalue weighted by molar-refractivity contribution is 7.92. The molecule has 74 valence electrons. The Morgan fingerprint density at radius 3 is 2.36 bits per heavy atom. The number of carbonyl (C=O) groups excluding carboxylic acids is 1. The van der Waals surface area contributed by atoms with Crippen molar-refractivity contribution in [1.82, 2.24) is 0 Å². The lowest BCUT2D eigenvalue weighted by atomic mass is 10.4. The van der Waals surface area contributed by atoms with Crippen LogP contribution in [0.4, 0.5) is 0 Å². The predicted molar refractivity (Wildman–Crippen MR) is 53.7 cm³/mol. The van der Waals surface area contributed by atoms with Gasteiger partial charge in [0.25, 0.3) is 0 Å². The molecule has 1 aromatic rings. The Kier molecular flexibility index (Phi) is 3.19. The second-order valence-corrected chi connectivity index (χ2v) is 4.73. The molecule has 4 heteroatoms. The van der Waals surface area contributed by atoms with Gasteiger partial charge in [0.1, 0.15) is 5.75 Å². The molecule has 0 radical (unpaired) electrons. The van der Waals surface area contributed by atoms with Gasteiger partial charge in [0, 0.05) is 0 Å². The van der Waals surface area contributed by atoms with E-state index in [1.807, 2.05) is 0 Å². The molecule has 1 rings (SSSR count). The zero-order valence-electron chi connectivity index (χ0n) is 7.51. The third-order valence-corrected chi connectivity index (χ3v) is 3.32. The van der Waals surface area contributed by atoms with Gasteiger partial charge in [-0.25, -0.2) is 8.42 Å². The molecule has 0 aliphatic heterocycles. The molecule has 0 saturated heterocycles. The van der Waals surface area contributed by atoms with E-state index in [0.29, 0.717) is 0 Å². The molecule has 0 aromatic heterocycles. The van der Waals surface area contributed by atoms with Gasteiger partial charge in [-0.1, -0.05) is 24.8 Å². The van der Waals surface area contributed by atoms with E-state index in [9.17, 15) is 13.2 Å². The fourth-order valence-corrected chi connectivity index (χ4v) is 2.19. The van der Waals surface area contributed by atoms with Gasteiger partial charge in [-0.05, 0) is 18.2 Å². The summed E-state index contributed by atoms with van der Waals surface area (Å²) in [5.74, 6) is -1.01. The lowest BCUT2D eigenvalue weighted by Gasteiger charge is -2.00. The van der Waals surface area contributed by atoms with Crippen LogP contribution >= 0.6 is 0 Å². The van der Waals surface area contributed by atoms with Crippen molar-refractivity contribution < 1.29 is 13.2 Å². The van der Waals surface area contributed by atoms with Gasteiger partial charge >= 0.3 is 0 Å². The molecule has 0 bridgehead atoms. The fourth-order valence-electron chi connectivity index (χ4n) is 0.957. The smallest absolute Gasteiger partial charge is 0.185 e. The first-order chi connectivity index (χ1) is 6.56. The van der Waals surface area contributed by atoms with E-state index in [1.54, 1.807) is 18.2 Å². The van der Waals surface area contributed by atoms with E-state index < -0.39 is 21.4 Å². The monoisotopic (exact) mass is 210 g/mol. The van der Waals surface area contributed by atoms with Gasteiger partial charge < -0.3 is 0 Å². The summed E-state index contributed by atoms with van der Waals surface area (Å²) in [5, 5.41) is 0. The Labute approximate surface area is 83.0 Å². The number of hydrogen-bond acceptors (Lipinski definition) is 3. The van der Waals surface area contributed by atoms with Crippen LogP contribution in [0.25, 0.3) is 0 Å². The molecule has 0 aliphatic carbocycles. The van der Waals surface area contributed by atoms with Crippen molar-refractivity contribution in [2.75, 3.05) is 5.75 Å².